The summed E-state index contributed by atoms with van der Waals surface area (Å²) in [6.07, 6.45) is 5.13. The first-order chi connectivity index (χ1) is 14.6. The summed E-state index contributed by atoms with van der Waals surface area (Å²) in [4.78, 5) is 31.4. The largest absolute Gasteiger partial charge is 0.326 e. The lowest BCUT2D eigenvalue weighted by Crippen LogP contribution is -2.11. The van der Waals surface area contributed by atoms with Crippen LogP contribution in [0.4, 0.5) is 10.1 Å². The third-order valence-electron chi connectivity index (χ3n) is 4.92. The van der Waals surface area contributed by atoms with E-state index in [-0.39, 0.29) is 17.0 Å². The fourth-order valence-corrected chi connectivity index (χ4v) is 3.43. The molecular formula is C23H21FN4O2. The summed E-state index contributed by atoms with van der Waals surface area (Å²) in [7, 11) is 0. The fourth-order valence-electron chi connectivity index (χ4n) is 3.43. The van der Waals surface area contributed by atoms with Crippen LogP contribution in [-0.4, -0.2) is 20.4 Å². The van der Waals surface area contributed by atoms with Crippen LogP contribution in [0.25, 0.3) is 27.8 Å². The van der Waals surface area contributed by atoms with E-state index in [1.54, 1.807) is 22.9 Å². The number of rotatable bonds is 6. The molecule has 0 aliphatic heterocycles. The Balaban J connectivity index is 1.78. The Hall–Kier alpha value is -3.74. The van der Waals surface area contributed by atoms with Crippen LogP contribution in [-0.2, 0) is 4.79 Å². The SMILES string of the molecule is CCCCC(=O)Nc1ccc(-c2cn(-c3ccccc3)c3nc[nH]c(=O)c23)c(F)c1. The maximum atomic E-state index is 15.0. The lowest BCUT2D eigenvalue weighted by atomic mass is 10.1. The summed E-state index contributed by atoms with van der Waals surface area (Å²) in [5.74, 6) is -0.677. The van der Waals surface area contributed by atoms with Crippen molar-refractivity contribution in [1.29, 1.82) is 0 Å². The Labute approximate surface area is 172 Å². The Kier molecular flexibility index (Phi) is 5.43. The highest BCUT2D eigenvalue weighted by Gasteiger charge is 2.18. The number of fused-ring (bicyclic) bond motifs is 1. The lowest BCUT2D eigenvalue weighted by molar-refractivity contribution is -0.116. The van der Waals surface area contributed by atoms with Gasteiger partial charge in [0, 0.05) is 35.1 Å². The van der Waals surface area contributed by atoms with Crippen molar-refractivity contribution in [1.82, 2.24) is 14.5 Å². The number of nitrogens with one attached hydrogen (secondary N) is 2. The maximum absolute atomic E-state index is 15.0. The molecule has 6 nitrogen and oxygen atoms in total. The number of hydrogen-bond acceptors (Lipinski definition) is 3. The van der Waals surface area contributed by atoms with Crippen LogP contribution in [0.1, 0.15) is 26.2 Å². The van der Waals surface area contributed by atoms with Crippen LogP contribution in [0, 0.1) is 5.82 Å². The molecule has 0 unspecified atom stereocenters. The molecule has 2 aromatic heterocycles. The molecule has 7 heteroatoms. The molecule has 0 radical (unpaired) electrons. The number of anilines is 1. The molecule has 4 aromatic rings. The minimum absolute atomic E-state index is 0.148. The zero-order valence-corrected chi connectivity index (χ0v) is 16.5. The molecule has 0 spiro atoms. The van der Waals surface area contributed by atoms with Gasteiger partial charge in [-0.3, -0.25) is 9.59 Å². The van der Waals surface area contributed by atoms with Crippen LogP contribution >= 0.6 is 0 Å². The average molecular weight is 404 g/mol. The number of aromatic amines is 1. The molecule has 2 heterocycles. The summed E-state index contributed by atoms with van der Waals surface area (Å²) in [6, 6.07) is 13.9. The fraction of sp³-hybridized carbons (Fsp3) is 0.174. The van der Waals surface area contributed by atoms with Crippen molar-refractivity contribution in [3.05, 3.63) is 77.2 Å². The van der Waals surface area contributed by atoms with Gasteiger partial charge < -0.3 is 14.9 Å². The minimum atomic E-state index is -0.529. The number of hydrogen-bond donors (Lipinski definition) is 2. The second kappa shape index (κ2) is 8.32. The van der Waals surface area contributed by atoms with Gasteiger partial charge in [-0.05, 0) is 36.8 Å². The summed E-state index contributed by atoms with van der Waals surface area (Å²) in [5, 5.41) is 3.02. The number of amides is 1. The summed E-state index contributed by atoms with van der Waals surface area (Å²) >= 11 is 0. The van der Waals surface area contributed by atoms with Gasteiger partial charge in [-0.25, -0.2) is 9.37 Å². The minimum Gasteiger partial charge on any atom is -0.326 e. The van der Waals surface area contributed by atoms with Gasteiger partial charge in [-0.1, -0.05) is 31.5 Å². The Morgan fingerprint density at radius 1 is 1.17 bits per heavy atom. The number of para-hydroxylation sites is 1. The average Bonchev–Trinajstić information content (AvgIpc) is 3.14. The van der Waals surface area contributed by atoms with Crippen LogP contribution in [0.2, 0.25) is 0 Å². The van der Waals surface area contributed by atoms with Gasteiger partial charge in [0.05, 0.1) is 11.7 Å². The topological polar surface area (TPSA) is 79.8 Å². The van der Waals surface area contributed by atoms with E-state index in [2.05, 4.69) is 15.3 Å². The van der Waals surface area contributed by atoms with Gasteiger partial charge in [0.15, 0.2) is 5.65 Å². The van der Waals surface area contributed by atoms with Crippen molar-refractivity contribution in [3.63, 3.8) is 0 Å². The number of H-pyrrole nitrogens is 1. The summed E-state index contributed by atoms with van der Waals surface area (Å²) in [6.45, 7) is 2.00. The first-order valence-electron chi connectivity index (χ1n) is 9.82. The van der Waals surface area contributed by atoms with Crippen molar-refractivity contribution >= 4 is 22.6 Å². The van der Waals surface area contributed by atoms with Crippen LogP contribution in [0.5, 0.6) is 0 Å². The molecule has 0 saturated heterocycles. The number of aromatic nitrogens is 3. The van der Waals surface area contributed by atoms with Crippen molar-refractivity contribution in [2.45, 2.75) is 26.2 Å². The third kappa shape index (κ3) is 3.74. The van der Waals surface area contributed by atoms with E-state index in [1.807, 2.05) is 37.3 Å². The van der Waals surface area contributed by atoms with Gasteiger partial charge >= 0.3 is 0 Å². The van der Waals surface area contributed by atoms with Crippen molar-refractivity contribution in [2.24, 2.45) is 0 Å². The first-order valence-corrected chi connectivity index (χ1v) is 9.82. The molecule has 0 atom stereocenters. The van der Waals surface area contributed by atoms with E-state index < -0.39 is 5.82 Å². The molecule has 1 amide bonds. The second-order valence-electron chi connectivity index (χ2n) is 7.02. The molecule has 0 saturated carbocycles. The van der Waals surface area contributed by atoms with Gasteiger partial charge in [-0.15, -0.1) is 0 Å². The highest BCUT2D eigenvalue weighted by molar-refractivity contribution is 5.95. The highest BCUT2D eigenvalue weighted by Crippen LogP contribution is 2.32. The predicted molar refractivity (Wildman–Crippen MR) is 115 cm³/mol. The predicted octanol–water partition coefficient (Wildman–Crippen LogP) is 4.65. The molecular weight excluding hydrogens is 383 g/mol. The highest BCUT2D eigenvalue weighted by atomic mass is 19.1. The number of nitrogens with zero attached hydrogens (tertiary/aromatic N) is 2. The maximum Gasteiger partial charge on any atom is 0.260 e. The molecule has 2 aromatic carbocycles. The van der Waals surface area contributed by atoms with E-state index in [1.165, 1.54) is 12.4 Å². The standard InChI is InChI=1S/C23H21FN4O2/c1-2-3-9-20(29)27-15-10-11-17(19(24)12-15)18-13-28(16-7-5-4-6-8-16)22-21(18)23(30)26-14-25-22/h4-8,10-14H,2-3,9H2,1H3,(H,27,29)(H,25,26,30). The Bertz CT molecular complexity index is 1260. The van der Waals surface area contributed by atoms with E-state index in [0.717, 1.165) is 18.5 Å². The monoisotopic (exact) mass is 404 g/mol. The molecule has 0 aliphatic rings. The molecule has 2 N–H and O–H groups in total. The summed E-state index contributed by atoms with van der Waals surface area (Å²) in [5.41, 5.74) is 1.99. The normalized spacial score (nSPS) is 11.0. The number of carbonyl (C=O) groups is 1. The first kappa shape index (κ1) is 19.6. The molecule has 0 bridgehead atoms. The molecule has 0 aliphatic carbocycles. The van der Waals surface area contributed by atoms with Crippen LogP contribution < -0.4 is 10.9 Å². The van der Waals surface area contributed by atoms with Gasteiger partial charge in [-0.2, -0.15) is 0 Å². The lowest BCUT2D eigenvalue weighted by Gasteiger charge is -2.07. The second-order valence-corrected chi connectivity index (χ2v) is 7.02. The number of unbranched alkanes of at least 4 members (excludes halogenated alkanes) is 1. The van der Waals surface area contributed by atoms with Crippen molar-refractivity contribution < 1.29 is 9.18 Å². The third-order valence-corrected chi connectivity index (χ3v) is 4.92. The Morgan fingerprint density at radius 2 is 1.97 bits per heavy atom. The molecule has 0 fully saturated rings. The molecule has 30 heavy (non-hydrogen) atoms. The van der Waals surface area contributed by atoms with Gasteiger partial charge in [0.1, 0.15) is 5.82 Å². The van der Waals surface area contributed by atoms with Gasteiger partial charge in [0.2, 0.25) is 5.91 Å². The van der Waals surface area contributed by atoms with Crippen molar-refractivity contribution in [2.75, 3.05) is 5.32 Å². The van der Waals surface area contributed by atoms with Crippen LogP contribution in [0.3, 0.4) is 0 Å². The number of benzene rings is 2. The number of carbonyl (C=O) groups excluding carboxylic acids is 1. The van der Waals surface area contributed by atoms with E-state index >= 15 is 4.39 Å². The molecule has 4 rings (SSSR count). The van der Waals surface area contributed by atoms with Crippen molar-refractivity contribution in [3.8, 4) is 16.8 Å². The zero-order valence-electron chi connectivity index (χ0n) is 16.5. The molecule has 152 valence electrons. The van der Waals surface area contributed by atoms with E-state index in [4.69, 9.17) is 0 Å². The van der Waals surface area contributed by atoms with Crippen LogP contribution in [0.15, 0.2) is 65.8 Å². The van der Waals surface area contributed by atoms with E-state index in [0.29, 0.717) is 28.7 Å². The summed E-state index contributed by atoms with van der Waals surface area (Å²) < 4.78 is 16.8. The van der Waals surface area contributed by atoms with E-state index in [9.17, 15) is 9.59 Å². The quantitative estimate of drug-likeness (QED) is 0.491. The Morgan fingerprint density at radius 3 is 2.70 bits per heavy atom. The number of halogens is 1. The zero-order chi connectivity index (χ0) is 21.1. The van der Waals surface area contributed by atoms with Gasteiger partial charge in [0.25, 0.3) is 5.56 Å². The smallest absolute Gasteiger partial charge is 0.260 e.